The van der Waals surface area contributed by atoms with Gasteiger partial charge < -0.3 is 19.4 Å². The van der Waals surface area contributed by atoms with E-state index in [0.717, 1.165) is 42.0 Å². The molecule has 0 atom stereocenters. The highest BCUT2D eigenvalue weighted by Crippen LogP contribution is 2.38. The van der Waals surface area contributed by atoms with Crippen molar-refractivity contribution < 1.29 is 9.47 Å². The first-order chi connectivity index (χ1) is 10.3. The number of nitrogens with zero attached hydrogens (tertiary/aromatic N) is 2. The number of nitrogens with one attached hydrogen (secondary N) is 1. The summed E-state index contributed by atoms with van der Waals surface area (Å²) in [6, 6.07) is 4.13. The molecule has 1 aromatic carbocycles. The van der Waals surface area contributed by atoms with E-state index in [2.05, 4.69) is 42.9 Å². The van der Waals surface area contributed by atoms with Gasteiger partial charge in [-0.3, -0.25) is 0 Å². The van der Waals surface area contributed by atoms with E-state index in [9.17, 15) is 0 Å². The van der Waals surface area contributed by atoms with Crippen LogP contribution >= 0.6 is 15.9 Å². The number of rotatable bonds is 5. The van der Waals surface area contributed by atoms with Gasteiger partial charge in [0.15, 0.2) is 11.5 Å². The molecule has 0 unspecified atom stereocenters. The zero-order valence-corrected chi connectivity index (χ0v) is 13.3. The standard InChI is InChI=1S/C15H18BrN3O2/c16-13-8-12(9-14-15(13)21-7-1-6-20-14)10-17-2-4-19-5-3-18-11-19/h3,5,8-9,11,17H,1-2,4,6-7,10H2. The van der Waals surface area contributed by atoms with Gasteiger partial charge in [0.1, 0.15) is 0 Å². The van der Waals surface area contributed by atoms with Crippen molar-refractivity contribution in [3.63, 3.8) is 0 Å². The van der Waals surface area contributed by atoms with Crippen LogP contribution in [-0.2, 0) is 13.1 Å². The number of hydrogen-bond donors (Lipinski definition) is 1. The van der Waals surface area contributed by atoms with Gasteiger partial charge in [0.2, 0.25) is 0 Å². The van der Waals surface area contributed by atoms with Crippen LogP contribution in [-0.4, -0.2) is 29.3 Å². The van der Waals surface area contributed by atoms with Crippen LogP contribution < -0.4 is 14.8 Å². The lowest BCUT2D eigenvalue weighted by molar-refractivity contribution is 0.296. The molecule has 6 heteroatoms. The van der Waals surface area contributed by atoms with Gasteiger partial charge in [-0.15, -0.1) is 0 Å². The average molecular weight is 352 g/mol. The third kappa shape index (κ3) is 3.77. The first-order valence-corrected chi connectivity index (χ1v) is 7.87. The number of halogens is 1. The van der Waals surface area contributed by atoms with Crippen molar-refractivity contribution in [1.29, 1.82) is 0 Å². The molecule has 0 amide bonds. The van der Waals surface area contributed by atoms with Gasteiger partial charge >= 0.3 is 0 Å². The maximum Gasteiger partial charge on any atom is 0.175 e. The summed E-state index contributed by atoms with van der Waals surface area (Å²) in [5, 5.41) is 3.42. The van der Waals surface area contributed by atoms with E-state index >= 15 is 0 Å². The summed E-state index contributed by atoms with van der Waals surface area (Å²) in [6.45, 7) is 4.00. The van der Waals surface area contributed by atoms with Gasteiger partial charge in [0.05, 0.1) is 24.0 Å². The summed E-state index contributed by atoms with van der Waals surface area (Å²) >= 11 is 3.56. The minimum Gasteiger partial charge on any atom is -0.490 e. The maximum atomic E-state index is 5.74. The third-order valence-electron chi connectivity index (χ3n) is 3.30. The second kappa shape index (κ2) is 6.95. The Labute approximate surface area is 132 Å². The summed E-state index contributed by atoms with van der Waals surface area (Å²) < 4.78 is 14.5. The van der Waals surface area contributed by atoms with Crippen LogP contribution in [0.25, 0.3) is 0 Å². The molecule has 5 nitrogen and oxygen atoms in total. The molecule has 0 bridgehead atoms. The topological polar surface area (TPSA) is 48.3 Å². The van der Waals surface area contributed by atoms with Crippen LogP contribution in [0.2, 0.25) is 0 Å². The Bertz CT molecular complexity index is 587. The highest BCUT2D eigenvalue weighted by molar-refractivity contribution is 9.10. The fourth-order valence-electron chi connectivity index (χ4n) is 2.25. The molecule has 0 spiro atoms. The van der Waals surface area contributed by atoms with E-state index in [-0.39, 0.29) is 0 Å². The first kappa shape index (κ1) is 14.4. The number of aromatic nitrogens is 2. The summed E-state index contributed by atoms with van der Waals surface area (Å²) in [4.78, 5) is 4.03. The molecule has 112 valence electrons. The molecule has 3 rings (SSSR count). The van der Waals surface area contributed by atoms with Gasteiger partial charge in [-0.2, -0.15) is 0 Å². The molecule has 1 aromatic heterocycles. The normalized spacial score (nSPS) is 14.0. The van der Waals surface area contributed by atoms with Gasteiger partial charge in [-0.05, 0) is 33.6 Å². The van der Waals surface area contributed by atoms with Crippen LogP contribution in [0.5, 0.6) is 11.5 Å². The molecule has 0 aliphatic carbocycles. The van der Waals surface area contributed by atoms with E-state index < -0.39 is 0 Å². The van der Waals surface area contributed by atoms with E-state index in [1.807, 2.05) is 12.5 Å². The molecule has 1 aliphatic heterocycles. The van der Waals surface area contributed by atoms with E-state index in [1.54, 1.807) is 6.20 Å². The van der Waals surface area contributed by atoms with Crippen molar-refractivity contribution in [3.05, 3.63) is 40.9 Å². The van der Waals surface area contributed by atoms with Crippen LogP contribution in [0.3, 0.4) is 0 Å². The molecule has 1 N–H and O–H groups in total. The minimum atomic E-state index is 0.702. The minimum absolute atomic E-state index is 0.702. The molecular weight excluding hydrogens is 334 g/mol. The predicted octanol–water partition coefficient (Wildman–Crippen LogP) is 2.60. The van der Waals surface area contributed by atoms with Crippen molar-refractivity contribution >= 4 is 15.9 Å². The highest BCUT2D eigenvalue weighted by atomic mass is 79.9. The van der Waals surface area contributed by atoms with Crippen LogP contribution in [0.4, 0.5) is 0 Å². The summed E-state index contributed by atoms with van der Waals surface area (Å²) in [5.74, 6) is 1.64. The number of benzene rings is 1. The highest BCUT2D eigenvalue weighted by Gasteiger charge is 2.15. The SMILES string of the molecule is Brc1cc(CNCCn2ccnc2)cc2c1OCCCO2. The second-order valence-electron chi connectivity index (χ2n) is 4.93. The fraction of sp³-hybridized carbons (Fsp3) is 0.400. The van der Waals surface area contributed by atoms with Crippen LogP contribution in [0.15, 0.2) is 35.3 Å². The molecule has 0 radical (unpaired) electrons. The maximum absolute atomic E-state index is 5.74. The largest absolute Gasteiger partial charge is 0.490 e. The molecule has 1 aliphatic rings. The Balaban J connectivity index is 1.58. The summed E-state index contributed by atoms with van der Waals surface area (Å²) in [5.41, 5.74) is 1.18. The third-order valence-corrected chi connectivity index (χ3v) is 3.89. The monoisotopic (exact) mass is 351 g/mol. The number of imidazole rings is 1. The molecule has 2 aromatic rings. The van der Waals surface area contributed by atoms with Crippen molar-refractivity contribution in [1.82, 2.24) is 14.9 Å². The van der Waals surface area contributed by atoms with Gasteiger partial charge in [0, 0.05) is 38.4 Å². The van der Waals surface area contributed by atoms with Crippen LogP contribution in [0.1, 0.15) is 12.0 Å². The molecule has 2 heterocycles. The number of fused-ring (bicyclic) bond motifs is 1. The van der Waals surface area contributed by atoms with E-state index in [4.69, 9.17) is 9.47 Å². The summed E-state index contributed by atoms with van der Waals surface area (Å²) in [7, 11) is 0. The Morgan fingerprint density at radius 3 is 3.05 bits per heavy atom. The van der Waals surface area contributed by atoms with Crippen LogP contribution in [0, 0.1) is 0 Å². The molecular formula is C15H18BrN3O2. The smallest absolute Gasteiger partial charge is 0.175 e. The Hall–Kier alpha value is -1.53. The second-order valence-corrected chi connectivity index (χ2v) is 5.79. The van der Waals surface area contributed by atoms with E-state index in [0.29, 0.717) is 13.2 Å². The summed E-state index contributed by atoms with van der Waals surface area (Å²) in [6.07, 6.45) is 6.50. The quantitative estimate of drug-likeness (QED) is 0.841. The number of ether oxygens (including phenoxy) is 2. The van der Waals surface area contributed by atoms with Gasteiger partial charge in [-0.25, -0.2) is 4.98 Å². The van der Waals surface area contributed by atoms with E-state index in [1.165, 1.54) is 5.56 Å². The molecule has 0 saturated heterocycles. The lowest BCUT2D eigenvalue weighted by atomic mass is 10.2. The first-order valence-electron chi connectivity index (χ1n) is 7.07. The molecule has 0 saturated carbocycles. The van der Waals surface area contributed by atoms with Gasteiger partial charge in [0.25, 0.3) is 0 Å². The Kier molecular flexibility index (Phi) is 4.77. The lowest BCUT2D eigenvalue weighted by Gasteiger charge is -2.12. The zero-order valence-electron chi connectivity index (χ0n) is 11.7. The van der Waals surface area contributed by atoms with Gasteiger partial charge in [-0.1, -0.05) is 0 Å². The van der Waals surface area contributed by atoms with Crippen molar-refractivity contribution in [2.24, 2.45) is 0 Å². The zero-order chi connectivity index (χ0) is 14.5. The van der Waals surface area contributed by atoms with Crippen molar-refractivity contribution in [2.75, 3.05) is 19.8 Å². The van der Waals surface area contributed by atoms with Crippen molar-refractivity contribution in [3.8, 4) is 11.5 Å². The average Bonchev–Trinajstić information content (AvgIpc) is 2.87. The molecule has 0 fully saturated rings. The Morgan fingerprint density at radius 1 is 1.29 bits per heavy atom. The predicted molar refractivity (Wildman–Crippen MR) is 83.7 cm³/mol. The lowest BCUT2D eigenvalue weighted by Crippen LogP contribution is -2.19. The van der Waals surface area contributed by atoms with Crippen molar-refractivity contribution in [2.45, 2.75) is 19.5 Å². The fourth-order valence-corrected chi connectivity index (χ4v) is 2.85. The molecule has 21 heavy (non-hydrogen) atoms. The Morgan fingerprint density at radius 2 is 2.19 bits per heavy atom. The number of hydrogen-bond acceptors (Lipinski definition) is 4.